The van der Waals surface area contributed by atoms with Crippen LogP contribution in [0.15, 0.2) is 12.1 Å². The van der Waals surface area contributed by atoms with Gasteiger partial charge in [0, 0.05) is 30.5 Å². The van der Waals surface area contributed by atoms with Crippen molar-refractivity contribution in [2.45, 2.75) is 18.8 Å². The van der Waals surface area contributed by atoms with Gasteiger partial charge in [0.15, 0.2) is 0 Å². The number of halogens is 2. The monoisotopic (exact) mass is 306 g/mol. The first-order valence-corrected chi connectivity index (χ1v) is 7.25. The lowest BCUT2D eigenvalue weighted by atomic mass is 9.84. The van der Waals surface area contributed by atoms with Crippen LogP contribution >= 0.6 is 11.6 Å². The van der Waals surface area contributed by atoms with Crippen LogP contribution in [0, 0.1) is 5.82 Å². The topological polar surface area (TPSA) is 53.4 Å². The number of fused-ring (bicyclic) bond motifs is 3. The molecule has 0 amide bonds. The molecule has 5 rings (SSSR count). The normalized spacial score (nSPS) is 17.3. The molecule has 1 N–H and O–H groups in total. The highest BCUT2D eigenvalue weighted by molar-refractivity contribution is 6.31. The summed E-state index contributed by atoms with van der Waals surface area (Å²) in [6, 6.07) is 2.59. The van der Waals surface area contributed by atoms with Crippen molar-refractivity contribution < 1.29 is 14.3 Å². The van der Waals surface area contributed by atoms with E-state index in [0.717, 1.165) is 31.6 Å². The van der Waals surface area contributed by atoms with E-state index in [9.17, 15) is 14.3 Å². The molecule has 0 radical (unpaired) electrons. The molecule has 1 fully saturated rings. The number of rotatable bonds is 1. The lowest BCUT2D eigenvalue weighted by molar-refractivity contribution is 0.0699. The molecule has 3 aliphatic rings. The van der Waals surface area contributed by atoms with Gasteiger partial charge in [-0.3, -0.25) is 4.98 Å². The molecule has 0 spiro atoms. The Labute approximate surface area is 125 Å². The molecule has 0 saturated carbocycles. The van der Waals surface area contributed by atoms with Gasteiger partial charge in [0.1, 0.15) is 5.82 Å². The van der Waals surface area contributed by atoms with Crippen LogP contribution in [-0.2, 0) is 0 Å². The molecule has 1 saturated heterocycles. The Bertz CT molecular complexity index is 785. The third-order valence-electron chi connectivity index (χ3n) is 4.44. The second-order valence-corrected chi connectivity index (χ2v) is 5.98. The molecule has 2 bridgehead atoms. The minimum atomic E-state index is -1.02. The standard InChI is InChI=1S/C15H12ClFN2O2/c16-9-5-8-11(6-10(9)17)18-13-7-1-3-19(4-2-7)14(13)12(8)15(20)21/h5-7H,1-4H2,(H,20,21). The first-order valence-electron chi connectivity index (χ1n) is 6.87. The van der Waals surface area contributed by atoms with E-state index in [1.54, 1.807) is 0 Å². The number of hydrogen-bond acceptors (Lipinski definition) is 3. The van der Waals surface area contributed by atoms with Crippen LogP contribution < -0.4 is 4.90 Å². The summed E-state index contributed by atoms with van der Waals surface area (Å²) in [4.78, 5) is 18.4. The van der Waals surface area contributed by atoms with Crippen molar-refractivity contribution in [1.29, 1.82) is 0 Å². The third-order valence-corrected chi connectivity index (χ3v) is 4.73. The molecule has 3 aliphatic heterocycles. The van der Waals surface area contributed by atoms with Gasteiger partial charge in [-0.05, 0) is 18.9 Å². The number of carbonyl (C=O) groups is 1. The number of hydrogen-bond donors (Lipinski definition) is 1. The number of pyridine rings is 1. The van der Waals surface area contributed by atoms with E-state index in [1.165, 1.54) is 12.1 Å². The quantitative estimate of drug-likeness (QED) is 0.877. The number of anilines is 1. The molecule has 0 unspecified atom stereocenters. The van der Waals surface area contributed by atoms with Crippen LogP contribution in [0.3, 0.4) is 0 Å². The highest BCUT2D eigenvalue weighted by atomic mass is 35.5. The summed E-state index contributed by atoms with van der Waals surface area (Å²) < 4.78 is 13.7. The number of piperidine rings is 1. The van der Waals surface area contributed by atoms with Crippen LogP contribution in [-0.4, -0.2) is 29.1 Å². The number of carboxylic acid groups (broad SMARTS) is 1. The molecule has 1 aromatic heterocycles. The number of carboxylic acids is 1. The Morgan fingerprint density at radius 1 is 1.38 bits per heavy atom. The maximum atomic E-state index is 13.7. The van der Waals surface area contributed by atoms with Crippen LogP contribution in [0.1, 0.15) is 34.8 Å². The summed E-state index contributed by atoms with van der Waals surface area (Å²) in [6.45, 7) is 1.69. The second-order valence-electron chi connectivity index (χ2n) is 5.57. The second kappa shape index (κ2) is 4.31. The van der Waals surface area contributed by atoms with Gasteiger partial charge in [-0.25, -0.2) is 9.18 Å². The first kappa shape index (κ1) is 12.8. The SMILES string of the molecule is O=C(O)c1c2c(nc3cc(F)c(Cl)cc13)C1CCN2CC1. The Hall–Kier alpha value is -1.88. The van der Waals surface area contributed by atoms with E-state index in [4.69, 9.17) is 11.6 Å². The maximum absolute atomic E-state index is 13.7. The van der Waals surface area contributed by atoms with Crippen molar-refractivity contribution in [3.05, 3.63) is 34.2 Å². The molecule has 2 aromatic rings. The van der Waals surface area contributed by atoms with Crippen LogP contribution in [0.25, 0.3) is 10.9 Å². The molecule has 0 atom stereocenters. The van der Waals surface area contributed by atoms with Crippen LogP contribution in [0.2, 0.25) is 5.02 Å². The summed E-state index contributed by atoms with van der Waals surface area (Å²) in [6.07, 6.45) is 1.95. The minimum absolute atomic E-state index is 0.0808. The molecule has 4 heterocycles. The van der Waals surface area contributed by atoms with Crippen molar-refractivity contribution >= 4 is 34.2 Å². The number of aromatic nitrogens is 1. The minimum Gasteiger partial charge on any atom is -0.478 e. The molecule has 21 heavy (non-hydrogen) atoms. The summed E-state index contributed by atoms with van der Waals surface area (Å²) in [5.74, 6) is -1.32. The molecule has 0 aliphatic carbocycles. The fourth-order valence-corrected chi connectivity index (χ4v) is 3.63. The molecular weight excluding hydrogens is 295 g/mol. The van der Waals surface area contributed by atoms with Gasteiger partial charge >= 0.3 is 5.97 Å². The zero-order chi connectivity index (χ0) is 14.7. The Kier molecular flexibility index (Phi) is 2.63. The van der Waals surface area contributed by atoms with Gasteiger partial charge in [-0.1, -0.05) is 11.6 Å². The van der Waals surface area contributed by atoms with Crippen molar-refractivity contribution in [3.8, 4) is 0 Å². The Morgan fingerprint density at radius 2 is 2.10 bits per heavy atom. The third kappa shape index (κ3) is 1.73. The molecule has 6 heteroatoms. The molecule has 1 aromatic carbocycles. The smallest absolute Gasteiger partial charge is 0.338 e. The van der Waals surface area contributed by atoms with Gasteiger partial charge in [-0.15, -0.1) is 0 Å². The van der Waals surface area contributed by atoms with Gasteiger partial charge in [0.2, 0.25) is 0 Å². The van der Waals surface area contributed by atoms with Crippen molar-refractivity contribution in [2.75, 3.05) is 18.0 Å². The predicted octanol–water partition coefficient (Wildman–Crippen LogP) is 3.42. The summed E-state index contributed by atoms with van der Waals surface area (Å²) >= 11 is 5.82. The van der Waals surface area contributed by atoms with Gasteiger partial charge < -0.3 is 10.0 Å². The summed E-state index contributed by atoms with van der Waals surface area (Å²) in [5, 5.41) is 9.96. The average molecular weight is 307 g/mol. The number of nitrogens with zero attached hydrogens (tertiary/aromatic N) is 2. The van der Waals surface area contributed by atoms with Crippen molar-refractivity contribution in [2.24, 2.45) is 0 Å². The van der Waals surface area contributed by atoms with E-state index in [1.807, 2.05) is 0 Å². The Morgan fingerprint density at radius 3 is 2.76 bits per heavy atom. The van der Waals surface area contributed by atoms with Crippen molar-refractivity contribution in [3.63, 3.8) is 0 Å². The fourth-order valence-electron chi connectivity index (χ4n) is 3.47. The largest absolute Gasteiger partial charge is 0.478 e. The lowest BCUT2D eigenvalue weighted by Crippen LogP contribution is -2.40. The van der Waals surface area contributed by atoms with E-state index in [-0.39, 0.29) is 16.5 Å². The van der Waals surface area contributed by atoms with E-state index in [0.29, 0.717) is 16.6 Å². The molecule has 108 valence electrons. The van der Waals surface area contributed by atoms with Gasteiger partial charge in [0.05, 0.1) is 27.5 Å². The highest BCUT2D eigenvalue weighted by Gasteiger charge is 2.36. The van der Waals surface area contributed by atoms with Gasteiger partial charge in [-0.2, -0.15) is 0 Å². The predicted molar refractivity (Wildman–Crippen MR) is 77.9 cm³/mol. The van der Waals surface area contributed by atoms with E-state index >= 15 is 0 Å². The average Bonchev–Trinajstić information content (AvgIpc) is 2.47. The number of aromatic carboxylic acids is 1. The number of benzene rings is 1. The van der Waals surface area contributed by atoms with E-state index in [2.05, 4.69) is 9.88 Å². The maximum Gasteiger partial charge on any atom is 0.338 e. The first-order chi connectivity index (χ1) is 10.1. The molecule has 4 nitrogen and oxygen atoms in total. The zero-order valence-electron chi connectivity index (χ0n) is 11.1. The van der Waals surface area contributed by atoms with Crippen LogP contribution in [0.5, 0.6) is 0 Å². The summed E-state index contributed by atoms with van der Waals surface area (Å²) in [5.41, 5.74) is 2.04. The van der Waals surface area contributed by atoms with Gasteiger partial charge in [0.25, 0.3) is 0 Å². The highest BCUT2D eigenvalue weighted by Crippen LogP contribution is 2.45. The van der Waals surface area contributed by atoms with Crippen molar-refractivity contribution in [1.82, 2.24) is 4.98 Å². The van der Waals surface area contributed by atoms with E-state index < -0.39 is 11.8 Å². The summed E-state index contributed by atoms with van der Waals surface area (Å²) in [7, 11) is 0. The lowest BCUT2D eigenvalue weighted by Gasteiger charge is -2.42. The zero-order valence-corrected chi connectivity index (χ0v) is 11.8. The van der Waals surface area contributed by atoms with Crippen LogP contribution in [0.4, 0.5) is 10.1 Å². The fraction of sp³-hybridized carbons (Fsp3) is 0.333. The Balaban J connectivity index is 2.14. The molecular formula is C15H12ClFN2O2.